The fourth-order valence-corrected chi connectivity index (χ4v) is 4.51. The zero-order valence-electron chi connectivity index (χ0n) is 21.0. The highest BCUT2D eigenvalue weighted by Crippen LogP contribution is 2.37. The van der Waals surface area contributed by atoms with Crippen molar-refractivity contribution in [1.82, 2.24) is 24.3 Å². The molecule has 0 spiro atoms. The fraction of sp³-hybridized carbons (Fsp3) is 0.773. The molecule has 0 unspecified atom stereocenters. The van der Waals surface area contributed by atoms with E-state index in [9.17, 15) is 41.0 Å². The molecule has 210 valence electrons. The third-order valence-electron chi connectivity index (χ3n) is 6.74. The van der Waals surface area contributed by atoms with Gasteiger partial charge in [-0.3, -0.25) is 9.69 Å². The van der Waals surface area contributed by atoms with Crippen molar-refractivity contribution < 1.29 is 45.8 Å². The van der Waals surface area contributed by atoms with Crippen LogP contribution in [0.25, 0.3) is 0 Å². The Labute approximate surface area is 209 Å². The van der Waals surface area contributed by atoms with Gasteiger partial charge in [0, 0.05) is 51.5 Å². The molecule has 0 aromatic carbocycles. The van der Waals surface area contributed by atoms with Crippen LogP contribution >= 0.6 is 0 Å². The molecule has 1 aromatic rings. The smallest absolute Gasteiger partial charge is 0.426 e. The van der Waals surface area contributed by atoms with Gasteiger partial charge in [0.15, 0.2) is 0 Å². The lowest BCUT2D eigenvalue weighted by molar-refractivity contribution is -0.308. The van der Waals surface area contributed by atoms with Crippen molar-refractivity contribution in [1.29, 1.82) is 0 Å². The van der Waals surface area contributed by atoms with Crippen LogP contribution in [0.4, 0.5) is 31.1 Å². The number of halogens is 6. The number of nitrogens with zero attached hydrogens (tertiary/aromatic N) is 5. The Morgan fingerprint density at radius 2 is 1.68 bits per heavy atom. The Morgan fingerprint density at radius 1 is 1.11 bits per heavy atom. The maximum atomic E-state index is 13.2. The van der Waals surface area contributed by atoms with Crippen LogP contribution in [-0.4, -0.2) is 104 Å². The molecule has 3 rings (SSSR count). The lowest BCUT2D eigenvalue weighted by Crippen LogP contribution is -2.56. The number of aliphatic hydroxyl groups is 1. The number of fused-ring (bicyclic) bond motifs is 1. The minimum atomic E-state index is -5.79. The zero-order valence-corrected chi connectivity index (χ0v) is 21.0. The van der Waals surface area contributed by atoms with E-state index in [1.54, 1.807) is 34.0 Å². The summed E-state index contributed by atoms with van der Waals surface area (Å²) < 4.78 is 82.0. The molecule has 0 bridgehead atoms. The largest absolute Gasteiger partial charge is 0.434 e. The number of aromatic nitrogens is 2. The van der Waals surface area contributed by atoms with Gasteiger partial charge in [-0.25, -0.2) is 9.78 Å². The standard InChI is InChI=1S/C22H31F6N5O4/c1-19(2,36)13-31-9-10-33-11-14(29-15(33)12-31)16(34)30(4)20(3)5-7-32(8-6-20)18(35)37-17(21(23,24)25)22(26,27)28/h11,17,36H,5-10,12-13H2,1-4H3. The Bertz CT molecular complexity index is 981. The van der Waals surface area contributed by atoms with Crippen LogP contribution in [0.5, 0.6) is 0 Å². The second-order valence-corrected chi connectivity index (χ2v) is 10.5. The molecule has 1 N–H and O–H groups in total. The third-order valence-corrected chi connectivity index (χ3v) is 6.74. The molecule has 0 saturated carbocycles. The number of hydrogen-bond acceptors (Lipinski definition) is 6. The van der Waals surface area contributed by atoms with Gasteiger partial charge in [0.05, 0.1) is 12.1 Å². The topological polar surface area (TPSA) is 91.1 Å². The first-order chi connectivity index (χ1) is 16.8. The van der Waals surface area contributed by atoms with E-state index in [4.69, 9.17) is 0 Å². The minimum Gasteiger partial charge on any atom is -0.426 e. The summed E-state index contributed by atoms with van der Waals surface area (Å²) in [5.74, 6) is 0.266. The Kier molecular flexibility index (Phi) is 7.81. The molecule has 2 amide bonds. The fourth-order valence-electron chi connectivity index (χ4n) is 4.51. The highest BCUT2D eigenvalue weighted by molar-refractivity contribution is 5.92. The van der Waals surface area contributed by atoms with Crippen molar-refractivity contribution >= 4 is 12.0 Å². The number of β-amino-alcohol motifs (C(OH)–C–C–N with tert-alkyl or cyclic N) is 1. The van der Waals surface area contributed by atoms with Gasteiger partial charge in [-0.15, -0.1) is 0 Å². The quantitative estimate of drug-likeness (QED) is 0.575. The molecule has 1 saturated heterocycles. The number of amides is 2. The summed E-state index contributed by atoms with van der Waals surface area (Å²) in [6.45, 7) is 6.89. The molecule has 3 heterocycles. The molecule has 0 radical (unpaired) electrons. The monoisotopic (exact) mass is 543 g/mol. The van der Waals surface area contributed by atoms with E-state index in [0.29, 0.717) is 32.0 Å². The summed E-state index contributed by atoms with van der Waals surface area (Å²) in [5.41, 5.74) is -1.51. The molecule has 9 nitrogen and oxygen atoms in total. The molecule has 1 fully saturated rings. The van der Waals surface area contributed by atoms with Crippen LogP contribution in [0.3, 0.4) is 0 Å². The number of carbonyl (C=O) groups excluding carboxylic acids is 2. The SMILES string of the molecule is CN(C(=O)c1cn2c(n1)CN(CC(C)(C)O)CC2)C1(C)CCN(C(=O)OC(C(F)(F)F)C(F)(F)F)CC1. The Morgan fingerprint density at radius 3 is 2.19 bits per heavy atom. The molecule has 1 aromatic heterocycles. The maximum Gasteiger partial charge on any atom is 0.434 e. The van der Waals surface area contributed by atoms with Gasteiger partial charge in [-0.05, 0) is 33.6 Å². The van der Waals surface area contributed by atoms with Gasteiger partial charge in [-0.1, -0.05) is 0 Å². The Hall–Kier alpha value is -2.55. The summed E-state index contributed by atoms with van der Waals surface area (Å²) in [7, 11) is 1.54. The van der Waals surface area contributed by atoms with Crippen LogP contribution < -0.4 is 0 Å². The van der Waals surface area contributed by atoms with E-state index in [1.807, 2.05) is 9.47 Å². The number of ether oxygens (including phenoxy) is 1. The van der Waals surface area contributed by atoms with Gasteiger partial charge in [0.2, 0.25) is 0 Å². The van der Waals surface area contributed by atoms with E-state index < -0.39 is 41.6 Å². The molecule has 2 aliphatic heterocycles. The number of carbonyl (C=O) groups is 2. The minimum absolute atomic E-state index is 0.111. The molecule has 2 aliphatic rings. The van der Waals surface area contributed by atoms with Crippen molar-refractivity contribution in [3.63, 3.8) is 0 Å². The van der Waals surface area contributed by atoms with E-state index in [2.05, 4.69) is 9.72 Å². The lowest BCUT2D eigenvalue weighted by Gasteiger charge is -2.44. The molecular weight excluding hydrogens is 512 g/mol. The summed E-state index contributed by atoms with van der Waals surface area (Å²) in [6.07, 6.45) is -15.6. The predicted octanol–water partition coefficient (Wildman–Crippen LogP) is 3.03. The third kappa shape index (κ3) is 6.86. The van der Waals surface area contributed by atoms with Crippen molar-refractivity contribution in [3.05, 3.63) is 17.7 Å². The van der Waals surface area contributed by atoms with Crippen LogP contribution in [0.1, 0.15) is 49.9 Å². The van der Waals surface area contributed by atoms with Crippen molar-refractivity contribution in [3.8, 4) is 0 Å². The first-order valence-corrected chi connectivity index (χ1v) is 11.7. The van der Waals surface area contributed by atoms with E-state index >= 15 is 0 Å². The number of piperidine rings is 1. The first-order valence-electron chi connectivity index (χ1n) is 11.7. The summed E-state index contributed by atoms with van der Waals surface area (Å²) in [6, 6.07) is 0. The summed E-state index contributed by atoms with van der Waals surface area (Å²) in [4.78, 5) is 33.9. The number of rotatable bonds is 5. The van der Waals surface area contributed by atoms with Gasteiger partial charge < -0.3 is 24.2 Å². The van der Waals surface area contributed by atoms with E-state index in [-0.39, 0.29) is 31.6 Å². The average molecular weight is 544 g/mol. The molecule has 15 heteroatoms. The number of hydrogen-bond donors (Lipinski definition) is 1. The van der Waals surface area contributed by atoms with Crippen LogP contribution in [-0.2, 0) is 17.8 Å². The van der Waals surface area contributed by atoms with E-state index in [0.717, 1.165) is 4.90 Å². The van der Waals surface area contributed by atoms with Crippen molar-refractivity contribution in [2.45, 2.75) is 76.3 Å². The molecule has 0 atom stereocenters. The van der Waals surface area contributed by atoms with Crippen LogP contribution in [0.15, 0.2) is 6.20 Å². The van der Waals surface area contributed by atoms with Crippen LogP contribution in [0.2, 0.25) is 0 Å². The van der Waals surface area contributed by atoms with Crippen molar-refractivity contribution in [2.75, 3.05) is 33.2 Å². The predicted molar refractivity (Wildman–Crippen MR) is 117 cm³/mol. The molecule has 37 heavy (non-hydrogen) atoms. The molecular formula is C22H31F6N5O4. The lowest BCUT2D eigenvalue weighted by atomic mass is 9.88. The number of likely N-dealkylation sites (tertiary alicyclic amines) is 1. The van der Waals surface area contributed by atoms with Gasteiger partial charge >= 0.3 is 18.4 Å². The van der Waals surface area contributed by atoms with Gasteiger partial charge in [0.1, 0.15) is 11.5 Å². The molecule has 0 aliphatic carbocycles. The highest BCUT2D eigenvalue weighted by atomic mass is 19.4. The number of imidazole rings is 1. The van der Waals surface area contributed by atoms with Gasteiger partial charge in [0.25, 0.3) is 12.0 Å². The van der Waals surface area contributed by atoms with Crippen molar-refractivity contribution in [2.24, 2.45) is 0 Å². The highest BCUT2D eigenvalue weighted by Gasteiger charge is 2.60. The van der Waals surface area contributed by atoms with Crippen LogP contribution in [0, 0.1) is 0 Å². The number of alkyl halides is 6. The normalized spacial score (nSPS) is 19.1. The summed E-state index contributed by atoms with van der Waals surface area (Å²) in [5, 5.41) is 10.1. The van der Waals surface area contributed by atoms with E-state index in [1.165, 1.54) is 4.90 Å². The average Bonchev–Trinajstić information content (AvgIpc) is 3.17. The second-order valence-electron chi connectivity index (χ2n) is 10.5. The van der Waals surface area contributed by atoms with Gasteiger partial charge in [-0.2, -0.15) is 26.3 Å². The zero-order chi connectivity index (χ0) is 28.0. The summed E-state index contributed by atoms with van der Waals surface area (Å²) >= 11 is 0. The maximum absolute atomic E-state index is 13.2. The second kappa shape index (κ2) is 9.97. The Balaban J connectivity index is 1.62. The first kappa shape index (κ1) is 29.0.